The Balaban J connectivity index is 3.90. The third-order valence-corrected chi connectivity index (χ3v) is 12.0. The number of aliphatic hydroxyl groups is 1. The van der Waals surface area contributed by atoms with E-state index in [0.29, 0.717) is 23.9 Å². The van der Waals surface area contributed by atoms with E-state index in [1.54, 1.807) is 0 Å². The van der Waals surface area contributed by atoms with Crippen molar-refractivity contribution in [3.63, 3.8) is 0 Å². The van der Waals surface area contributed by atoms with E-state index >= 15 is 0 Å². The van der Waals surface area contributed by atoms with Crippen molar-refractivity contribution in [2.45, 2.75) is 206 Å². The fraction of sp³-hybridized carbons (Fsp3) is 0.667. The van der Waals surface area contributed by atoms with E-state index in [9.17, 15) is 19.4 Å². The van der Waals surface area contributed by atoms with Gasteiger partial charge in [-0.3, -0.25) is 9.36 Å². The molecular formula is C57H99N2O6P. The number of quaternary nitrogens is 1. The largest absolute Gasteiger partial charge is 0.756 e. The number of nitrogens with one attached hydrogen (secondary N) is 1. The summed E-state index contributed by atoms with van der Waals surface area (Å²) in [5.41, 5.74) is 0. The first-order valence-corrected chi connectivity index (χ1v) is 27.7. The summed E-state index contributed by atoms with van der Waals surface area (Å²) in [7, 11) is 1.28. The molecule has 0 heterocycles. The second-order valence-electron chi connectivity index (χ2n) is 18.5. The van der Waals surface area contributed by atoms with Crippen LogP contribution in [0, 0.1) is 0 Å². The Morgan fingerprint density at radius 2 is 0.924 bits per heavy atom. The minimum atomic E-state index is -4.56. The fourth-order valence-corrected chi connectivity index (χ4v) is 7.64. The molecule has 0 aromatic heterocycles. The van der Waals surface area contributed by atoms with E-state index < -0.39 is 20.0 Å². The van der Waals surface area contributed by atoms with Crippen molar-refractivity contribution in [1.29, 1.82) is 0 Å². The van der Waals surface area contributed by atoms with E-state index in [0.717, 1.165) is 109 Å². The summed E-state index contributed by atoms with van der Waals surface area (Å²) < 4.78 is 23.1. The van der Waals surface area contributed by atoms with Crippen LogP contribution in [0.5, 0.6) is 0 Å². The molecule has 0 aliphatic rings. The minimum absolute atomic E-state index is 0.00604. The van der Waals surface area contributed by atoms with Crippen molar-refractivity contribution < 1.29 is 32.9 Å². The van der Waals surface area contributed by atoms with Crippen LogP contribution in [0.1, 0.15) is 194 Å². The Kier molecular flexibility index (Phi) is 45.2. The van der Waals surface area contributed by atoms with Crippen LogP contribution in [0.3, 0.4) is 0 Å². The highest BCUT2D eigenvalue weighted by Gasteiger charge is 2.24. The van der Waals surface area contributed by atoms with Gasteiger partial charge in [0.25, 0.3) is 7.82 Å². The summed E-state index contributed by atoms with van der Waals surface area (Å²) in [6, 6.07) is -0.804. The van der Waals surface area contributed by atoms with Crippen LogP contribution in [-0.4, -0.2) is 68.5 Å². The average molecular weight is 939 g/mol. The molecule has 3 atom stereocenters. The van der Waals surface area contributed by atoms with Crippen LogP contribution in [0.15, 0.2) is 109 Å². The molecule has 9 heteroatoms. The predicted molar refractivity (Wildman–Crippen MR) is 283 cm³/mol. The van der Waals surface area contributed by atoms with Gasteiger partial charge in [0, 0.05) is 6.42 Å². The Labute approximate surface area is 406 Å². The Hall–Kier alpha value is -2.84. The number of phosphoric acid groups is 1. The van der Waals surface area contributed by atoms with Gasteiger partial charge in [-0.25, -0.2) is 0 Å². The van der Waals surface area contributed by atoms with Crippen LogP contribution in [0.25, 0.3) is 0 Å². The Morgan fingerprint density at radius 1 is 0.545 bits per heavy atom. The van der Waals surface area contributed by atoms with Crippen molar-refractivity contribution in [2.75, 3.05) is 40.9 Å². The van der Waals surface area contributed by atoms with Crippen molar-refractivity contribution in [3.05, 3.63) is 109 Å². The molecule has 0 bridgehead atoms. The highest BCUT2D eigenvalue weighted by molar-refractivity contribution is 7.45. The number of aliphatic hydroxyl groups excluding tert-OH is 1. The first kappa shape index (κ1) is 63.2. The van der Waals surface area contributed by atoms with Crippen LogP contribution in [0.4, 0.5) is 0 Å². The van der Waals surface area contributed by atoms with Crippen molar-refractivity contribution in [1.82, 2.24) is 5.32 Å². The summed E-state index contributed by atoms with van der Waals surface area (Å²) >= 11 is 0. The maximum Gasteiger partial charge on any atom is 0.268 e. The smallest absolute Gasteiger partial charge is 0.268 e. The predicted octanol–water partition coefficient (Wildman–Crippen LogP) is 15.0. The monoisotopic (exact) mass is 939 g/mol. The maximum atomic E-state index is 12.8. The minimum Gasteiger partial charge on any atom is -0.756 e. The standard InChI is InChI=1S/C57H99N2O6P/c1-6-8-10-12-13-14-15-16-17-18-19-20-21-22-23-24-25-26-27-28-29-30-31-32-33-34-35-36-37-38-39-40-41-42-43-44-45-47-49-51-57(61)58-55(56(60)50-48-46-11-9-7-2)54-65-66(62,63)64-53-52-59(3,4)5/h8,10,13-14,16-17,19-20,22-23,25-26,28-29,31-32,34-35,55-56,60H,6-7,9,11-12,15,18,21,24,27,30,33,36-54H2,1-5H3,(H-,58,61,62,63)/b10-8-,14-13-,17-16-,20-19-,23-22-,26-25-,29-28-,32-31-,35-34-. The van der Waals surface area contributed by atoms with Crippen LogP contribution in [-0.2, 0) is 18.4 Å². The molecule has 0 rings (SSSR count). The second-order valence-corrected chi connectivity index (χ2v) is 19.9. The summed E-state index contributed by atoms with van der Waals surface area (Å²) in [6.45, 7) is 4.49. The molecule has 0 spiro atoms. The van der Waals surface area contributed by atoms with Crippen molar-refractivity contribution in [3.8, 4) is 0 Å². The summed E-state index contributed by atoms with van der Waals surface area (Å²) in [5.74, 6) is -0.181. The zero-order valence-corrected chi connectivity index (χ0v) is 43.7. The molecule has 0 fully saturated rings. The Morgan fingerprint density at radius 3 is 1.35 bits per heavy atom. The number of unbranched alkanes of at least 4 members (excludes halogenated alkanes) is 15. The molecule has 66 heavy (non-hydrogen) atoms. The van der Waals surface area contributed by atoms with Crippen molar-refractivity contribution in [2.24, 2.45) is 0 Å². The number of hydrogen-bond donors (Lipinski definition) is 2. The van der Waals surface area contributed by atoms with E-state index in [1.807, 2.05) is 21.1 Å². The lowest BCUT2D eigenvalue weighted by molar-refractivity contribution is -0.870. The molecule has 3 unspecified atom stereocenters. The van der Waals surface area contributed by atoms with Gasteiger partial charge in [-0.05, 0) is 83.5 Å². The molecule has 8 nitrogen and oxygen atoms in total. The third-order valence-electron chi connectivity index (χ3n) is 11.0. The van der Waals surface area contributed by atoms with Gasteiger partial charge >= 0.3 is 0 Å². The normalized spacial score (nSPS) is 15.0. The first-order chi connectivity index (χ1) is 32.0. The zero-order chi connectivity index (χ0) is 48.5. The van der Waals surface area contributed by atoms with Gasteiger partial charge in [0.05, 0.1) is 39.9 Å². The molecule has 0 aromatic rings. The van der Waals surface area contributed by atoms with Crippen LogP contribution >= 0.6 is 7.82 Å². The van der Waals surface area contributed by atoms with Gasteiger partial charge in [-0.2, -0.15) is 0 Å². The van der Waals surface area contributed by atoms with E-state index in [2.05, 4.69) is 129 Å². The van der Waals surface area contributed by atoms with Crippen LogP contribution < -0.4 is 10.2 Å². The first-order valence-electron chi connectivity index (χ1n) is 26.2. The third kappa shape index (κ3) is 49.1. The average Bonchev–Trinajstić information content (AvgIpc) is 3.27. The topological polar surface area (TPSA) is 108 Å². The fourth-order valence-electron chi connectivity index (χ4n) is 6.91. The number of phosphoric ester groups is 1. The van der Waals surface area contributed by atoms with Gasteiger partial charge in [0.15, 0.2) is 0 Å². The molecular weight excluding hydrogens is 840 g/mol. The lowest BCUT2D eigenvalue weighted by atomic mass is 10.0. The highest BCUT2D eigenvalue weighted by atomic mass is 31.2. The maximum absolute atomic E-state index is 12.8. The highest BCUT2D eigenvalue weighted by Crippen LogP contribution is 2.38. The zero-order valence-electron chi connectivity index (χ0n) is 42.9. The van der Waals surface area contributed by atoms with Crippen LogP contribution in [0.2, 0.25) is 0 Å². The lowest BCUT2D eigenvalue weighted by Gasteiger charge is -2.30. The second kappa shape index (κ2) is 47.2. The van der Waals surface area contributed by atoms with Crippen molar-refractivity contribution >= 4 is 13.7 Å². The lowest BCUT2D eigenvalue weighted by Crippen LogP contribution is -2.46. The van der Waals surface area contributed by atoms with E-state index in [-0.39, 0.29) is 19.1 Å². The summed E-state index contributed by atoms with van der Waals surface area (Å²) in [4.78, 5) is 25.2. The van der Waals surface area contributed by atoms with E-state index in [1.165, 1.54) is 57.8 Å². The van der Waals surface area contributed by atoms with Gasteiger partial charge in [-0.1, -0.05) is 213 Å². The van der Waals surface area contributed by atoms with Gasteiger partial charge in [0.2, 0.25) is 5.91 Å². The number of rotatable bonds is 46. The number of hydrogen-bond acceptors (Lipinski definition) is 6. The number of amides is 1. The van der Waals surface area contributed by atoms with Gasteiger partial charge in [-0.15, -0.1) is 0 Å². The molecule has 0 radical (unpaired) electrons. The SMILES string of the molecule is CC/C=C\C/C=C\C/C=C\C/C=C\C/C=C\C/C=C\C/C=C\C/C=C\C/C=C\CCCCCCCCCCCCCC(=O)NC(COP(=O)([O-])OCC[N+](C)(C)C)C(O)CCCCCCC. The number of likely N-dealkylation sites (N-methyl/N-ethyl adjacent to an activating group) is 1. The summed E-state index contributed by atoms with van der Waals surface area (Å²) in [5, 5.41) is 13.7. The molecule has 0 aromatic carbocycles. The number of carbonyl (C=O) groups is 1. The van der Waals surface area contributed by atoms with E-state index in [4.69, 9.17) is 9.05 Å². The number of allylic oxidation sites excluding steroid dienone is 18. The summed E-state index contributed by atoms with van der Waals surface area (Å²) in [6.07, 6.45) is 68.9. The molecule has 2 N–H and O–H groups in total. The number of carbonyl (C=O) groups excluding carboxylic acids is 1. The van der Waals surface area contributed by atoms with Gasteiger partial charge in [0.1, 0.15) is 13.2 Å². The number of nitrogens with zero attached hydrogens (tertiary/aromatic N) is 1. The molecule has 378 valence electrons. The molecule has 0 saturated carbocycles. The molecule has 0 aliphatic carbocycles. The van der Waals surface area contributed by atoms with Gasteiger partial charge < -0.3 is 28.8 Å². The Bertz CT molecular complexity index is 1440. The molecule has 0 saturated heterocycles. The quantitative estimate of drug-likeness (QED) is 0.0272. The molecule has 1 amide bonds. The molecule has 0 aliphatic heterocycles.